The summed E-state index contributed by atoms with van der Waals surface area (Å²) < 4.78 is 0. The first-order chi connectivity index (χ1) is 9.15. The maximum atomic E-state index is 12.1. The molecule has 5 nitrogen and oxygen atoms in total. The lowest BCUT2D eigenvalue weighted by molar-refractivity contribution is 0.621. The molecule has 0 fully saturated rings. The predicted molar refractivity (Wildman–Crippen MR) is 73.0 cm³/mol. The molecule has 0 saturated heterocycles. The summed E-state index contributed by atoms with van der Waals surface area (Å²) in [5, 5.41) is 3.18. The molecule has 98 valence electrons. The number of nitrogens with zero attached hydrogens (tertiary/aromatic N) is 2. The fourth-order valence-corrected chi connectivity index (χ4v) is 2.43. The number of aromatic amines is 1. The normalized spacial score (nSPS) is 14.2. The minimum absolute atomic E-state index is 0.0611. The van der Waals surface area contributed by atoms with Gasteiger partial charge in [0.15, 0.2) is 5.82 Å². The Balaban J connectivity index is 2.15. The second kappa shape index (κ2) is 4.59. The number of aryl methyl sites for hydroxylation is 2. The van der Waals surface area contributed by atoms with Gasteiger partial charge in [0.05, 0.1) is 11.3 Å². The van der Waals surface area contributed by atoms with Crippen molar-refractivity contribution in [1.82, 2.24) is 20.3 Å². The standard InChI is InChI=1S/C14H16N4O/c1-8-5-9(2)12(16-6-8)13-17-11-3-4-15-7-10(11)14(19)18-13/h5-6,15H,3-4,7H2,1-2H3,(H,17,18,19). The molecule has 0 aliphatic carbocycles. The largest absolute Gasteiger partial charge is 0.312 e. The summed E-state index contributed by atoms with van der Waals surface area (Å²) in [6.07, 6.45) is 2.58. The van der Waals surface area contributed by atoms with Crippen molar-refractivity contribution in [1.29, 1.82) is 0 Å². The zero-order valence-corrected chi connectivity index (χ0v) is 11.1. The SMILES string of the molecule is Cc1cnc(-c2nc3c(c(=O)[nH]2)CNCC3)c(C)c1. The average molecular weight is 256 g/mol. The van der Waals surface area contributed by atoms with E-state index in [-0.39, 0.29) is 5.56 Å². The summed E-state index contributed by atoms with van der Waals surface area (Å²) >= 11 is 0. The van der Waals surface area contributed by atoms with Crippen LogP contribution in [0.15, 0.2) is 17.1 Å². The minimum atomic E-state index is -0.0611. The van der Waals surface area contributed by atoms with Crippen LogP contribution in [-0.4, -0.2) is 21.5 Å². The molecule has 1 aliphatic heterocycles. The molecule has 0 atom stereocenters. The van der Waals surface area contributed by atoms with E-state index in [1.807, 2.05) is 19.9 Å². The van der Waals surface area contributed by atoms with E-state index >= 15 is 0 Å². The van der Waals surface area contributed by atoms with Crippen LogP contribution in [0.2, 0.25) is 0 Å². The molecule has 2 aromatic heterocycles. The number of H-pyrrole nitrogens is 1. The summed E-state index contributed by atoms with van der Waals surface area (Å²) in [6.45, 7) is 5.44. The molecule has 0 amide bonds. The topological polar surface area (TPSA) is 70.7 Å². The third-order valence-corrected chi connectivity index (χ3v) is 3.38. The lowest BCUT2D eigenvalue weighted by atomic mass is 10.1. The van der Waals surface area contributed by atoms with Crippen molar-refractivity contribution in [2.45, 2.75) is 26.8 Å². The molecule has 3 heterocycles. The van der Waals surface area contributed by atoms with Crippen molar-refractivity contribution in [3.05, 3.63) is 45.0 Å². The highest BCUT2D eigenvalue weighted by Crippen LogP contribution is 2.18. The Morgan fingerprint density at radius 1 is 1.32 bits per heavy atom. The summed E-state index contributed by atoms with van der Waals surface area (Å²) in [5.74, 6) is 0.572. The van der Waals surface area contributed by atoms with Crippen molar-refractivity contribution >= 4 is 0 Å². The van der Waals surface area contributed by atoms with Gasteiger partial charge in [-0.3, -0.25) is 9.78 Å². The van der Waals surface area contributed by atoms with Gasteiger partial charge in [0, 0.05) is 25.7 Å². The van der Waals surface area contributed by atoms with E-state index in [2.05, 4.69) is 20.3 Å². The zero-order valence-electron chi connectivity index (χ0n) is 11.1. The second-order valence-electron chi connectivity index (χ2n) is 4.94. The molecule has 0 bridgehead atoms. The molecular formula is C14H16N4O. The number of hydrogen-bond acceptors (Lipinski definition) is 4. The monoisotopic (exact) mass is 256 g/mol. The highest BCUT2D eigenvalue weighted by Gasteiger charge is 2.16. The van der Waals surface area contributed by atoms with Crippen molar-refractivity contribution in [3.8, 4) is 11.5 Å². The molecule has 0 radical (unpaired) electrons. The van der Waals surface area contributed by atoms with Crippen LogP contribution in [0.4, 0.5) is 0 Å². The van der Waals surface area contributed by atoms with Crippen LogP contribution in [0.1, 0.15) is 22.4 Å². The quantitative estimate of drug-likeness (QED) is 0.801. The van der Waals surface area contributed by atoms with Crippen molar-refractivity contribution in [2.75, 3.05) is 6.54 Å². The first kappa shape index (κ1) is 12.0. The molecule has 0 aromatic carbocycles. The van der Waals surface area contributed by atoms with Crippen LogP contribution in [0, 0.1) is 13.8 Å². The van der Waals surface area contributed by atoms with Crippen LogP contribution in [0.25, 0.3) is 11.5 Å². The van der Waals surface area contributed by atoms with Gasteiger partial charge in [0.1, 0.15) is 5.69 Å². The van der Waals surface area contributed by atoms with Gasteiger partial charge in [-0.05, 0) is 25.0 Å². The molecule has 1 aliphatic rings. The van der Waals surface area contributed by atoms with Crippen LogP contribution in [0.5, 0.6) is 0 Å². The summed E-state index contributed by atoms with van der Waals surface area (Å²) in [6, 6.07) is 2.04. The zero-order chi connectivity index (χ0) is 13.4. The highest BCUT2D eigenvalue weighted by atomic mass is 16.1. The van der Waals surface area contributed by atoms with E-state index in [1.54, 1.807) is 6.20 Å². The van der Waals surface area contributed by atoms with Crippen LogP contribution >= 0.6 is 0 Å². The van der Waals surface area contributed by atoms with Crippen LogP contribution in [0.3, 0.4) is 0 Å². The Hall–Kier alpha value is -2.01. The maximum Gasteiger partial charge on any atom is 0.255 e. The van der Waals surface area contributed by atoms with Gasteiger partial charge in [-0.2, -0.15) is 0 Å². The van der Waals surface area contributed by atoms with Crippen molar-refractivity contribution < 1.29 is 0 Å². The second-order valence-corrected chi connectivity index (χ2v) is 4.94. The molecule has 0 spiro atoms. The average Bonchev–Trinajstić information content (AvgIpc) is 2.38. The molecule has 5 heteroatoms. The maximum absolute atomic E-state index is 12.1. The van der Waals surface area contributed by atoms with E-state index in [4.69, 9.17) is 0 Å². The summed E-state index contributed by atoms with van der Waals surface area (Å²) in [5.41, 5.74) is 4.46. The Bertz CT molecular complexity index is 690. The van der Waals surface area contributed by atoms with E-state index in [0.29, 0.717) is 12.4 Å². The Morgan fingerprint density at radius 2 is 2.16 bits per heavy atom. The predicted octanol–water partition coefficient (Wildman–Crippen LogP) is 1.09. The summed E-state index contributed by atoms with van der Waals surface area (Å²) in [7, 11) is 0. The molecule has 2 N–H and O–H groups in total. The Morgan fingerprint density at radius 3 is 2.95 bits per heavy atom. The van der Waals surface area contributed by atoms with E-state index in [9.17, 15) is 4.79 Å². The third-order valence-electron chi connectivity index (χ3n) is 3.38. The van der Waals surface area contributed by atoms with E-state index in [1.165, 1.54) is 0 Å². The lowest BCUT2D eigenvalue weighted by Gasteiger charge is -2.16. The first-order valence-electron chi connectivity index (χ1n) is 6.41. The van der Waals surface area contributed by atoms with Crippen LogP contribution in [-0.2, 0) is 13.0 Å². The van der Waals surface area contributed by atoms with Gasteiger partial charge in [-0.1, -0.05) is 6.07 Å². The molecule has 0 unspecified atom stereocenters. The van der Waals surface area contributed by atoms with Gasteiger partial charge in [-0.15, -0.1) is 0 Å². The number of aromatic nitrogens is 3. The van der Waals surface area contributed by atoms with Crippen molar-refractivity contribution in [3.63, 3.8) is 0 Å². The Kier molecular flexibility index (Phi) is 2.91. The van der Waals surface area contributed by atoms with E-state index in [0.717, 1.165) is 41.0 Å². The molecule has 19 heavy (non-hydrogen) atoms. The number of pyridine rings is 1. The Labute approximate surface area is 111 Å². The number of nitrogens with one attached hydrogen (secondary N) is 2. The van der Waals surface area contributed by atoms with E-state index < -0.39 is 0 Å². The lowest BCUT2D eigenvalue weighted by Crippen LogP contribution is -2.31. The van der Waals surface area contributed by atoms with Gasteiger partial charge < -0.3 is 10.3 Å². The van der Waals surface area contributed by atoms with Gasteiger partial charge in [0.25, 0.3) is 5.56 Å². The fraction of sp³-hybridized carbons (Fsp3) is 0.357. The number of fused-ring (bicyclic) bond motifs is 1. The first-order valence-corrected chi connectivity index (χ1v) is 6.41. The molecule has 3 rings (SSSR count). The van der Waals surface area contributed by atoms with Gasteiger partial charge in [-0.25, -0.2) is 4.98 Å². The minimum Gasteiger partial charge on any atom is -0.312 e. The third kappa shape index (κ3) is 2.17. The molecular weight excluding hydrogens is 240 g/mol. The fourth-order valence-electron chi connectivity index (χ4n) is 2.43. The number of hydrogen-bond donors (Lipinski definition) is 2. The molecule has 0 saturated carbocycles. The van der Waals surface area contributed by atoms with Gasteiger partial charge in [0.2, 0.25) is 0 Å². The van der Waals surface area contributed by atoms with Crippen molar-refractivity contribution in [2.24, 2.45) is 0 Å². The molecule has 2 aromatic rings. The van der Waals surface area contributed by atoms with Gasteiger partial charge >= 0.3 is 0 Å². The number of rotatable bonds is 1. The van der Waals surface area contributed by atoms with Crippen LogP contribution < -0.4 is 10.9 Å². The summed E-state index contributed by atoms with van der Waals surface area (Å²) in [4.78, 5) is 23.9. The smallest absolute Gasteiger partial charge is 0.255 e. The highest BCUT2D eigenvalue weighted by molar-refractivity contribution is 5.55.